The number of aryl methyl sites for hydroxylation is 1. The number of anilines is 1. The number of sulfonamides is 1. The molecule has 1 saturated carbocycles. The Bertz CT molecular complexity index is 1020. The molecule has 1 amide bonds. The van der Waals surface area contributed by atoms with Crippen molar-refractivity contribution < 1.29 is 17.6 Å². The number of hydrogen-bond acceptors (Lipinski definition) is 4. The molecule has 7 nitrogen and oxygen atoms in total. The molecule has 0 radical (unpaired) electrons. The van der Waals surface area contributed by atoms with Crippen molar-refractivity contribution in [2.24, 2.45) is 13.0 Å². The molecule has 31 heavy (non-hydrogen) atoms. The zero-order chi connectivity index (χ0) is 22.0. The van der Waals surface area contributed by atoms with Gasteiger partial charge in [-0.05, 0) is 62.3 Å². The maximum atomic E-state index is 13.1. The van der Waals surface area contributed by atoms with Gasteiger partial charge in [0.15, 0.2) is 0 Å². The van der Waals surface area contributed by atoms with Crippen molar-refractivity contribution in [1.82, 2.24) is 14.1 Å². The Hall–Kier alpha value is -2.26. The van der Waals surface area contributed by atoms with Crippen molar-refractivity contribution >= 4 is 21.6 Å². The highest BCUT2D eigenvalue weighted by molar-refractivity contribution is 7.89. The first-order chi connectivity index (χ1) is 14.8. The third kappa shape index (κ3) is 4.98. The predicted octanol–water partition coefficient (Wildman–Crippen LogP) is 3.34. The van der Waals surface area contributed by atoms with Gasteiger partial charge in [0.1, 0.15) is 5.82 Å². The lowest BCUT2D eigenvalue weighted by Gasteiger charge is -2.32. The third-order valence-corrected chi connectivity index (χ3v) is 8.79. The number of rotatable bonds is 6. The van der Waals surface area contributed by atoms with Gasteiger partial charge in [-0.3, -0.25) is 9.48 Å². The van der Waals surface area contributed by atoms with E-state index >= 15 is 0 Å². The Morgan fingerprint density at radius 2 is 1.77 bits per heavy atom. The standard InChI is InChI=1S/C22H29FN4O3S/c1-26-15-20(22(28)24-18-8-6-17(23)7-9-18)21(25-26)14-16-10-12-27(13-11-16)31(29,30)19-4-2-3-5-19/h6-9,15-16,19H,2-5,10-14H2,1H3,(H,24,28). The van der Waals surface area contributed by atoms with Crippen LogP contribution < -0.4 is 5.32 Å². The minimum atomic E-state index is -3.19. The number of aromatic nitrogens is 2. The number of carbonyl (C=O) groups excluding carboxylic acids is 1. The van der Waals surface area contributed by atoms with E-state index in [-0.39, 0.29) is 22.9 Å². The molecule has 0 spiro atoms. The molecule has 2 fully saturated rings. The molecule has 1 aliphatic heterocycles. The minimum Gasteiger partial charge on any atom is -0.322 e. The number of hydrogen-bond donors (Lipinski definition) is 1. The van der Waals surface area contributed by atoms with E-state index in [0.29, 0.717) is 36.5 Å². The fourth-order valence-electron chi connectivity index (χ4n) is 4.64. The average molecular weight is 449 g/mol. The molecule has 2 aromatic rings. The number of carbonyl (C=O) groups is 1. The summed E-state index contributed by atoms with van der Waals surface area (Å²) in [6, 6.07) is 5.63. The van der Waals surface area contributed by atoms with Crippen LogP contribution in [0.4, 0.5) is 10.1 Å². The van der Waals surface area contributed by atoms with Crippen molar-refractivity contribution in [1.29, 1.82) is 0 Å². The predicted molar refractivity (Wildman–Crippen MR) is 117 cm³/mol. The number of benzene rings is 1. The van der Waals surface area contributed by atoms with E-state index in [1.807, 2.05) is 0 Å². The summed E-state index contributed by atoms with van der Waals surface area (Å²) in [7, 11) is -1.42. The fourth-order valence-corrected chi connectivity index (χ4v) is 6.72. The minimum absolute atomic E-state index is 0.207. The van der Waals surface area contributed by atoms with Crippen molar-refractivity contribution in [3.05, 3.63) is 47.5 Å². The second kappa shape index (κ2) is 9.08. The van der Waals surface area contributed by atoms with Gasteiger partial charge in [-0.15, -0.1) is 0 Å². The van der Waals surface area contributed by atoms with E-state index in [1.54, 1.807) is 22.2 Å². The number of piperidine rings is 1. The van der Waals surface area contributed by atoms with E-state index in [0.717, 1.165) is 38.5 Å². The summed E-state index contributed by atoms with van der Waals surface area (Å²) in [5.74, 6) is -0.361. The second-order valence-corrected chi connectivity index (χ2v) is 10.8. The summed E-state index contributed by atoms with van der Waals surface area (Å²) >= 11 is 0. The van der Waals surface area contributed by atoms with Crippen molar-refractivity contribution in [3.8, 4) is 0 Å². The Morgan fingerprint density at radius 3 is 2.42 bits per heavy atom. The van der Waals surface area contributed by atoms with Gasteiger partial charge in [-0.1, -0.05) is 12.8 Å². The molecule has 168 valence electrons. The zero-order valence-corrected chi connectivity index (χ0v) is 18.6. The lowest BCUT2D eigenvalue weighted by Crippen LogP contribution is -2.43. The normalized spacial score (nSPS) is 19.0. The van der Waals surface area contributed by atoms with Gasteiger partial charge in [0.25, 0.3) is 5.91 Å². The molecule has 9 heteroatoms. The van der Waals surface area contributed by atoms with Crippen LogP contribution in [0.1, 0.15) is 54.6 Å². The number of halogens is 1. The quantitative estimate of drug-likeness (QED) is 0.735. The van der Waals surface area contributed by atoms with Gasteiger partial charge in [0.2, 0.25) is 10.0 Å². The number of nitrogens with one attached hydrogen (secondary N) is 1. The van der Waals surface area contributed by atoms with Crippen molar-refractivity contribution in [3.63, 3.8) is 0 Å². The molecule has 1 aromatic carbocycles. The lowest BCUT2D eigenvalue weighted by molar-refractivity contribution is 0.102. The number of nitrogens with zero attached hydrogens (tertiary/aromatic N) is 3. The smallest absolute Gasteiger partial charge is 0.259 e. The van der Waals surface area contributed by atoms with Crippen molar-refractivity contribution in [2.45, 2.75) is 50.2 Å². The van der Waals surface area contributed by atoms with E-state index < -0.39 is 10.0 Å². The van der Waals surface area contributed by atoms with Crippen LogP contribution in [-0.2, 0) is 23.5 Å². The Balaban J connectivity index is 1.38. The Labute approximate surface area is 182 Å². The molecule has 1 saturated heterocycles. The first-order valence-electron chi connectivity index (χ1n) is 10.9. The van der Waals surface area contributed by atoms with Gasteiger partial charge in [0, 0.05) is 32.0 Å². The van der Waals surface area contributed by atoms with E-state index in [2.05, 4.69) is 10.4 Å². The first kappa shape index (κ1) is 22.0. The zero-order valence-electron chi connectivity index (χ0n) is 17.8. The van der Waals surface area contributed by atoms with Gasteiger partial charge < -0.3 is 5.32 Å². The largest absolute Gasteiger partial charge is 0.322 e. The Morgan fingerprint density at radius 1 is 1.13 bits per heavy atom. The molecule has 0 bridgehead atoms. The SMILES string of the molecule is Cn1cc(C(=O)Nc2ccc(F)cc2)c(CC2CCN(S(=O)(=O)C3CCCC3)CC2)n1. The molecule has 1 N–H and O–H groups in total. The van der Waals surface area contributed by atoms with Crippen LogP contribution in [0.25, 0.3) is 0 Å². The van der Waals surface area contributed by atoms with E-state index in [4.69, 9.17) is 0 Å². The molecule has 1 aliphatic carbocycles. The molecule has 0 unspecified atom stereocenters. The first-order valence-corrected chi connectivity index (χ1v) is 12.4. The van der Waals surface area contributed by atoms with Gasteiger partial charge >= 0.3 is 0 Å². The van der Waals surface area contributed by atoms with Gasteiger partial charge in [-0.2, -0.15) is 5.10 Å². The monoisotopic (exact) mass is 448 g/mol. The van der Waals surface area contributed by atoms with Crippen LogP contribution in [0.3, 0.4) is 0 Å². The summed E-state index contributed by atoms with van der Waals surface area (Å²) in [4.78, 5) is 12.8. The van der Waals surface area contributed by atoms with Crippen LogP contribution >= 0.6 is 0 Å². The summed E-state index contributed by atoms with van der Waals surface area (Å²) in [5, 5.41) is 7.06. The summed E-state index contributed by atoms with van der Waals surface area (Å²) in [5.41, 5.74) is 1.72. The molecule has 2 heterocycles. The fraction of sp³-hybridized carbons (Fsp3) is 0.545. The molecule has 0 atom stereocenters. The van der Waals surface area contributed by atoms with E-state index in [9.17, 15) is 17.6 Å². The highest BCUT2D eigenvalue weighted by Crippen LogP contribution is 2.31. The molecular weight excluding hydrogens is 419 g/mol. The topological polar surface area (TPSA) is 84.3 Å². The van der Waals surface area contributed by atoms with Crippen LogP contribution in [0.15, 0.2) is 30.5 Å². The average Bonchev–Trinajstić information content (AvgIpc) is 3.41. The van der Waals surface area contributed by atoms with Crippen molar-refractivity contribution in [2.75, 3.05) is 18.4 Å². The van der Waals surface area contributed by atoms with Crippen LogP contribution in [-0.4, -0.2) is 46.8 Å². The third-order valence-electron chi connectivity index (χ3n) is 6.39. The Kier molecular flexibility index (Phi) is 6.43. The van der Waals surface area contributed by atoms with E-state index in [1.165, 1.54) is 24.3 Å². The highest BCUT2D eigenvalue weighted by Gasteiger charge is 2.36. The molecule has 2 aliphatic rings. The summed E-state index contributed by atoms with van der Waals surface area (Å²) in [6.45, 7) is 1.07. The van der Waals surface area contributed by atoms with Gasteiger partial charge in [-0.25, -0.2) is 17.1 Å². The van der Waals surface area contributed by atoms with Gasteiger partial charge in [0.05, 0.1) is 16.5 Å². The van der Waals surface area contributed by atoms with Crippen LogP contribution in [0, 0.1) is 11.7 Å². The summed E-state index contributed by atoms with van der Waals surface area (Å²) < 4.78 is 42.0. The molecule has 1 aromatic heterocycles. The molecule has 4 rings (SSSR count). The van der Waals surface area contributed by atoms with Crippen LogP contribution in [0.2, 0.25) is 0 Å². The highest BCUT2D eigenvalue weighted by atomic mass is 32.2. The second-order valence-electron chi connectivity index (χ2n) is 8.62. The maximum Gasteiger partial charge on any atom is 0.259 e. The summed E-state index contributed by atoms with van der Waals surface area (Å²) in [6.07, 6.45) is 7.42. The number of amides is 1. The van der Waals surface area contributed by atoms with Crippen LogP contribution in [0.5, 0.6) is 0 Å². The molecular formula is C22H29FN4O3S. The maximum absolute atomic E-state index is 13.1. The lowest BCUT2D eigenvalue weighted by atomic mass is 9.92.